The molecule has 1 unspecified atom stereocenters. The van der Waals surface area contributed by atoms with Crippen molar-refractivity contribution in [2.45, 2.75) is 84.8 Å². The number of amides is 2. The Bertz CT molecular complexity index is 1230. The number of H-pyrrole nitrogens is 1. The second-order valence-electron chi connectivity index (χ2n) is 12.3. The molecule has 0 radical (unpaired) electrons. The minimum absolute atomic E-state index is 0.224. The van der Waals surface area contributed by atoms with Gasteiger partial charge in [0.2, 0.25) is 0 Å². The first-order valence-electron chi connectivity index (χ1n) is 13.7. The van der Waals surface area contributed by atoms with Gasteiger partial charge in [-0.2, -0.15) is 5.10 Å². The normalized spacial score (nSPS) is 18.3. The Morgan fingerprint density at radius 1 is 1.03 bits per heavy atom. The molecule has 2 aliphatic heterocycles. The average molecular weight is 542 g/mol. The molecule has 4 rings (SSSR count). The maximum Gasteiger partial charge on any atom is 0.410 e. The summed E-state index contributed by atoms with van der Waals surface area (Å²) >= 11 is 0. The third-order valence-electron chi connectivity index (χ3n) is 6.35. The quantitative estimate of drug-likeness (QED) is 0.527. The summed E-state index contributed by atoms with van der Waals surface area (Å²) in [5.74, 6) is 0.288. The molecular weight excluding hydrogens is 498 g/mol. The molecule has 2 saturated heterocycles. The number of rotatable bonds is 2. The van der Waals surface area contributed by atoms with Gasteiger partial charge in [0.1, 0.15) is 11.2 Å². The molecule has 4 heterocycles. The molecule has 2 amide bonds. The highest BCUT2D eigenvalue weighted by atomic mass is 16.6. The molecule has 0 spiro atoms. The third kappa shape index (κ3) is 9.37. The summed E-state index contributed by atoms with van der Waals surface area (Å²) < 4.78 is 10.7. The van der Waals surface area contributed by atoms with Crippen LogP contribution in [0.2, 0.25) is 0 Å². The van der Waals surface area contributed by atoms with E-state index in [-0.39, 0.29) is 23.7 Å². The van der Waals surface area contributed by atoms with Crippen molar-refractivity contribution in [1.82, 2.24) is 25.0 Å². The molecule has 1 atom stereocenters. The zero-order valence-electron chi connectivity index (χ0n) is 24.2. The number of hydrogen-bond donors (Lipinski definition) is 1. The average Bonchev–Trinajstić information content (AvgIpc) is 2.84. The van der Waals surface area contributed by atoms with Crippen molar-refractivity contribution in [2.75, 3.05) is 26.2 Å². The summed E-state index contributed by atoms with van der Waals surface area (Å²) in [5.41, 5.74) is 0.824. The first-order chi connectivity index (χ1) is 18.2. The Labute approximate surface area is 230 Å². The van der Waals surface area contributed by atoms with Gasteiger partial charge in [0, 0.05) is 44.0 Å². The van der Waals surface area contributed by atoms with Gasteiger partial charge in [0.15, 0.2) is 0 Å². The van der Waals surface area contributed by atoms with Crippen LogP contribution >= 0.6 is 0 Å². The van der Waals surface area contributed by atoms with Crippen LogP contribution in [0, 0.1) is 5.92 Å². The van der Waals surface area contributed by atoms with E-state index in [1.807, 2.05) is 47.6 Å². The molecule has 0 saturated carbocycles. The van der Waals surface area contributed by atoms with E-state index < -0.39 is 11.2 Å². The molecule has 1 N–H and O–H groups in total. The second-order valence-corrected chi connectivity index (χ2v) is 12.3. The van der Waals surface area contributed by atoms with Gasteiger partial charge < -0.3 is 19.3 Å². The predicted molar refractivity (Wildman–Crippen MR) is 151 cm³/mol. The van der Waals surface area contributed by atoms with Gasteiger partial charge in [0.05, 0.1) is 11.1 Å². The number of carbonyl (C=O) groups excluding carboxylic acids is 2. The number of aromatic amines is 1. The third-order valence-corrected chi connectivity index (χ3v) is 6.35. The summed E-state index contributed by atoms with van der Waals surface area (Å²) in [4.78, 5) is 43.3. The maximum absolute atomic E-state index is 12.3. The molecule has 2 aromatic rings. The first-order valence-corrected chi connectivity index (χ1v) is 13.7. The minimum Gasteiger partial charge on any atom is -0.444 e. The highest BCUT2D eigenvalue weighted by Gasteiger charge is 2.28. The van der Waals surface area contributed by atoms with Gasteiger partial charge >= 0.3 is 12.2 Å². The molecule has 39 heavy (non-hydrogen) atoms. The van der Waals surface area contributed by atoms with Crippen LogP contribution < -0.4 is 5.56 Å². The van der Waals surface area contributed by atoms with Crippen LogP contribution in [0.15, 0.2) is 35.4 Å². The van der Waals surface area contributed by atoms with Gasteiger partial charge in [0.25, 0.3) is 5.56 Å². The van der Waals surface area contributed by atoms with E-state index in [9.17, 15) is 14.4 Å². The lowest BCUT2D eigenvalue weighted by atomic mass is 9.92. The van der Waals surface area contributed by atoms with Crippen LogP contribution in [0.4, 0.5) is 9.59 Å². The topological polar surface area (TPSA) is 118 Å². The fourth-order valence-corrected chi connectivity index (χ4v) is 4.65. The molecule has 214 valence electrons. The van der Waals surface area contributed by atoms with Crippen molar-refractivity contribution >= 4 is 23.0 Å². The van der Waals surface area contributed by atoms with E-state index in [2.05, 4.69) is 21.8 Å². The van der Waals surface area contributed by atoms with Crippen molar-refractivity contribution < 1.29 is 19.1 Å². The van der Waals surface area contributed by atoms with Gasteiger partial charge in [-0.25, -0.2) is 14.7 Å². The lowest BCUT2D eigenvalue weighted by molar-refractivity contribution is 0.0164. The Balaban J connectivity index is 0.000000255. The SMILES string of the molecule is C=C1CCCN(C(=O)OC(C)(C)C)C1.CC(C)(C)OC(=O)N1CCCC(Cc2n[nH]c(=O)c3cnccc23)C1. The van der Waals surface area contributed by atoms with Gasteiger partial charge in [-0.05, 0) is 85.6 Å². The maximum atomic E-state index is 12.3. The highest BCUT2D eigenvalue weighted by Crippen LogP contribution is 2.24. The highest BCUT2D eigenvalue weighted by molar-refractivity contribution is 5.82. The molecule has 0 aromatic carbocycles. The number of carbonyl (C=O) groups is 2. The van der Waals surface area contributed by atoms with Crippen LogP contribution in [0.3, 0.4) is 0 Å². The molecule has 2 fully saturated rings. The standard InChI is InChI=1S/C18H24N4O3.C11H19NO2/c1-18(2,3)25-17(24)22-8-4-5-12(11-22)9-15-13-6-7-19-10-14(13)16(23)21-20-15;1-9-6-5-7-12(8-9)10(13)14-11(2,3)4/h6-7,10,12H,4-5,8-9,11H2,1-3H3,(H,21,23);1,5-8H2,2-4H3. The lowest BCUT2D eigenvalue weighted by Crippen LogP contribution is -2.43. The number of aromatic nitrogens is 3. The van der Waals surface area contributed by atoms with E-state index >= 15 is 0 Å². The number of ether oxygens (including phenoxy) is 2. The van der Waals surface area contributed by atoms with Crippen molar-refractivity contribution in [2.24, 2.45) is 5.92 Å². The zero-order valence-corrected chi connectivity index (χ0v) is 24.2. The molecule has 0 bridgehead atoms. The zero-order chi connectivity index (χ0) is 28.8. The Morgan fingerprint density at radius 3 is 2.31 bits per heavy atom. The van der Waals surface area contributed by atoms with Crippen LogP contribution in [0.1, 0.15) is 72.9 Å². The monoisotopic (exact) mass is 541 g/mol. The van der Waals surface area contributed by atoms with E-state index in [0.29, 0.717) is 24.9 Å². The Morgan fingerprint density at radius 2 is 1.67 bits per heavy atom. The minimum atomic E-state index is -0.492. The van der Waals surface area contributed by atoms with Crippen LogP contribution in [0.25, 0.3) is 10.8 Å². The lowest BCUT2D eigenvalue weighted by Gasteiger charge is -2.34. The van der Waals surface area contributed by atoms with Crippen molar-refractivity contribution in [3.05, 3.63) is 46.7 Å². The fraction of sp³-hybridized carbons (Fsp3) is 0.621. The smallest absolute Gasteiger partial charge is 0.410 e. The molecule has 2 aromatic heterocycles. The summed E-state index contributed by atoms with van der Waals surface area (Å²) in [7, 11) is 0. The van der Waals surface area contributed by atoms with E-state index in [1.54, 1.807) is 22.2 Å². The number of piperidine rings is 2. The van der Waals surface area contributed by atoms with Gasteiger partial charge in [-0.3, -0.25) is 9.78 Å². The summed E-state index contributed by atoms with van der Waals surface area (Å²) in [6.45, 7) is 17.9. The molecule has 0 aliphatic carbocycles. The number of likely N-dealkylation sites (tertiary alicyclic amines) is 2. The van der Waals surface area contributed by atoms with Crippen LogP contribution in [-0.4, -0.2) is 74.5 Å². The number of nitrogens with one attached hydrogen (secondary N) is 1. The Kier molecular flexibility index (Phi) is 9.74. The van der Waals surface area contributed by atoms with E-state index in [4.69, 9.17) is 9.47 Å². The number of fused-ring (bicyclic) bond motifs is 1. The molecular formula is C29H43N5O5. The number of pyridine rings is 1. The second kappa shape index (κ2) is 12.6. The summed E-state index contributed by atoms with van der Waals surface area (Å²) in [6.07, 6.45) is 7.43. The Hall–Kier alpha value is -3.43. The molecule has 10 nitrogen and oxygen atoms in total. The van der Waals surface area contributed by atoms with Gasteiger partial charge in [-0.15, -0.1) is 0 Å². The van der Waals surface area contributed by atoms with Crippen molar-refractivity contribution in [3.8, 4) is 0 Å². The number of nitrogens with zero attached hydrogens (tertiary/aromatic N) is 4. The summed E-state index contributed by atoms with van der Waals surface area (Å²) in [5, 5.41) is 8.15. The van der Waals surface area contributed by atoms with Crippen molar-refractivity contribution in [1.29, 1.82) is 0 Å². The molecule has 2 aliphatic rings. The molecule has 10 heteroatoms. The summed E-state index contributed by atoms with van der Waals surface area (Å²) in [6, 6.07) is 1.82. The fourth-order valence-electron chi connectivity index (χ4n) is 4.65. The number of hydrogen-bond acceptors (Lipinski definition) is 7. The first kappa shape index (κ1) is 30.1. The van der Waals surface area contributed by atoms with Crippen molar-refractivity contribution in [3.63, 3.8) is 0 Å². The van der Waals surface area contributed by atoms with Gasteiger partial charge in [-0.1, -0.05) is 12.2 Å². The van der Waals surface area contributed by atoms with Crippen LogP contribution in [-0.2, 0) is 15.9 Å². The van der Waals surface area contributed by atoms with E-state index in [1.165, 1.54) is 0 Å². The predicted octanol–water partition coefficient (Wildman–Crippen LogP) is 5.08. The van der Waals surface area contributed by atoms with E-state index in [0.717, 1.165) is 55.4 Å². The largest absolute Gasteiger partial charge is 0.444 e. The van der Waals surface area contributed by atoms with Crippen LogP contribution in [0.5, 0.6) is 0 Å².